The molecule has 0 radical (unpaired) electrons. The minimum absolute atomic E-state index is 0.108. The molecule has 15 heavy (non-hydrogen) atoms. The zero-order valence-corrected chi connectivity index (χ0v) is 9.04. The first-order chi connectivity index (χ1) is 7.26. The van der Waals surface area contributed by atoms with Crippen LogP contribution in [0.2, 0.25) is 0 Å². The van der Waals surface area contributed by atoms with Gasteiger partial charge in [-0.3, -0.25) is 15.4 Å². The Balaban J connectivity index is 3.93. The summed E-state index contributed by atoms with van der Waals surface area (Å²) in [6.07, 6.45) is 4.78. The van der Waals surface area contributed by atoms with Gasteiger partial charge in [-0.25, -0.2) is 0 Å². The third-order valence-electron chi connectivity index (χ3n) is 1.67. The van der Waals surface area contributed by atoms with Crippen LogP contribution in [0.5, 0.6) is 0 Å². The largest absolute Gasteiger partial charge is 0.314 e. The van der Waals surface area contributed by atoms with Crippen LogP contribution in [0, 0.1) is 0 Å². The van der Waals surface area contributed by atoms with Gasteiger partial charge in [0, 0.05) is 13.1 Å². The summed E-state index contributed by atoms with van der Waals surface area (Å²) in [5.74, 6) is -0.108. The second-order valence-corrected chi connectivity index (χ2v) is 2.88. The summed E-state index contributed by atoms with van der Waals surface area (Å²) in [5, 5.41) is 6.10. The normalized spacial score (nSPS) is 9.33. The van der Waals surface area contributed by atoms with Gasteiger partial charge >= 0.3 is 0 Å². The van der Waals surface area contributed by atoms with E-state index in [1.54, 1.807) is 17.1 Å². The van der Waals surface area contributed by atoms with E-state index >= 15 is 0 Å². The first kappa shape index (κ1) is 13.6. The van der Waals surface area contributed by atoms with E-state index in [4.69, 9.17) is 0 Å². The maximum atomic E-state index is 11.4. The summed E-state index contributed by atoms with van der Waals surface area (Å²) in [6.45, 7) is 12.9. The van der Waals surface area contributed by atoms with Crippen molar-refractivity contribution in [3.63, 3.8) is 0 Å². The molecule has 84 valence electrons. The maximum absolute atomic E-state index is 11.4. The summed E-state index contributed by atoms with van der Waals surface area (Å²) in [6, 6.07) is 0. The molecule has 0 spiro atoms. The molecule has 0 aliphatic rings. The second-order valence-electron chi connectivity index (χ2n) is 2.88. The Labute approximate surface area is 91.3 Å². The third-order valence-corrected chi connectivity index (χ3v) is 1.67. The van der Waals surface area contributed by atoms with Crippen molar-refractivity contribution in [2.45, 2.75) is 0 Å². The average Bonchev–Trinajstić information content (AvgIpc) is 2.26. The fraction of sp³-hybridized carbons (Fsp3) is 0.364. The van der Waals surface area contributed by atoms with E-state index in [0.29, 0.717) is 26.4 Å². The van der Waals surface area contributed by atoms with Gasteiger partial charge in [-0.05, 0) is 6.08 Å². The molecule has 0 aromatic heterocycles. The lowest BCUT2D eigenvalue weighted by Crippen LogP contribution is -2.43. The number of carbonyl (C=O) groups excluding carboxylic acids is 1. The molecule has 0 atom stereocenters. The Morgan fingerprint density at radius 3 is 1.87 bits per heavy atom. The minimum Gasteiger partial charge on any atom is -0.314 e. The van der Waals surface area contributed by atoms with Crippen molar-refractivity contribution in [1.29, 1.82) is 0 Å². The van der Waals surface area contributed by atoms with Crippen LogP contribution in [-0.4, -0.2) is 37.2 Å². The molecule has 0 fully saturated rings. The summed E-state index contributed by atoms with van der Waals surface area (Å²) in [5.41, 5.74) is 0. The summed E-state index contributed by atoms with van der Waals surface area (Å²) in [7, 11) is 0. The molecule has 4 nitrogen and oxygen atoms in total. The van der Waals surface area contributed by atoms with Crippen LogP contribution in [0.25, 0.3) is 0 Å². The van der Waals surface area contributed by atoms with Crippen molar-refractivity contribution >= 4 is 5.91 Å². The Hall–Kier alpha value is -1.39. The molecule has 0 aliphatic heterocycles. The number of rotatable bonds is 9. The Kier molecular flexibility index (Phi) is 8.33. The molecule has 0 aromatic rings. The number of hydrogen-bond donors (Lipinski definition) is 2. The van der Waals surface area contributed by atoms with E-state index in [2.05, 4.69) is 30.4 Å². The van der Waals surface area contributed by atoms with Crippen molar-refractivity contribution in [3.8, 4) is 0 Å². The van der Waals surface area contributed by atoms with Gasteiger partial charge < -0.3 is 4.90 Å². The van der Waals surface area contributed by atoms with E-state index < -0.39 is 0 Å². The monoisotopic (exact) mass is 209 g/mol. The van der Waals surface area contributed by atoms with E-state index in [9.17, 15) is 4.79 Å². The summed E-state index contributed by atoms with van der Waals surface area (Å²) in [4.78, 5) is 13.0. The number of hydrogen-bond acceptors (Lipinski definition) is 3. The number of nitrogens with one attached hydrogen (secondary N) is 2. The zero-order valence-electron chi connectivity index (χ0n) is 9.04. The van der Waals surface area contributed by atoms with Crippen LogP contribution in [0.3, 0.4) is 0 Å². The summed E-state index contributed by atoms with van der Waals surface area (Å²) >= 11 is 0. The Morgan fingerprint density at radius 1 is 1.07 bits per heavy atom. The van der Waals surface area contributed by atoms with Gasteiger partial charge in [-0.15, -0.1) is 13.2 Å². The molecular weight excluding hydrogens is 190 g/mol. The van der Waals surface area contributed by atoms with E-state index in [-0.39, 0.29) is 5.91 Å². The molecule has 0 unspecified atom stereocenters. The first-order valence-electron chi connectivity index (χ1n) is 4.80. The number of carbonyl (C=O) groups is 1. The van der Waals surface area contributed by atoms with E-state index in [1.165, 1.54) is 6.08 Å². The van der Waals surface area contributed by atoms with Crippen LogP contribution in [0.4, 0.5) is 0 Å². The highest BCUT2D eigenvalue weighted by molar-refractivity contribution is 5.86. The number of amides is 1. The van der Waals surface area contributed by atoms with Gasteiger partial charge in [0.05, 0.1) is 13.3 Å². The molecule has 2 N–H and O–H groups in total. The predicted octanol–water partition coefficient (Wildman–Crippen LogP) is 0.467. The van der Waals surface area contributed by atoms with Crippen LogP contribution < -0.4 is 10.6 Å². The van der Waals surface area contributed by atoms with Crippen LogP contribution in [0.1, 0.15) is 0 Å². The van der Waals surface area contributed by atoms with Crippen molar-refractivity contribution in [2.75, 3.05) is 26.4 Å². The molecule has 0 bridgehead atoms. The zero-order chi connectivity index (χ0) is 11.5. The van der Waals surface area contributed by atoms with Crippen LogP contribution >= 0.6 is 0 Å². The fourth-order valence-corrected chi connectivity index (χ4v) is 0.944. The smallest absolute Gasteiger partial charge is 0.248 e. The van der Waals surface area contributed by atoms with Gasteiger partial charge in [-0.1, -0.05) is 18.7 Å². The van der Waals surface area contributed by atoms with Gasteiger partial charge in [0.15, 0.2) is 0 Å². The van der Waals surface area contributed by atoms with Crippen molar-refractivity contribution < 1.29 is 4.79 Å². The van der Waals surface area contributed by atoms with Crippen molar-refractivity contribution in [3.05, 3.63) is 38.0 Å². The highest BCUT2D eigenvalue weighted by atomic mass is 16.2. The third kappa shape index (κ3) is 6.65. The minimum atomic E-state index is -0.108. The fourth-order valence-electron chi connectivity index (χ4n) is 0.944. The molecule has 0 aromatic carbocycles. The lowest BCUT2D eigenvalue weighted by Gasteiger charge is -2.21. The van der Waals surface area contributed by atoms with Crippen LogP contribution in [0.15, 0.2) is 38.0 Å². The molecule has 0 heterocycles. The van der Waals surface area contributed by atoms with Crippen LogP contribution in [-0.2, 0) is 4.79 Å². The molecular formula is C11H19N3O. The molecule has 0 saturated carbocycles. The highest BCUT2D eigenvalue weighted by Crippen LogP contribution is 1.86. The van der Waals surface area contributed by atoms with Crippen molar-refractivity contribution in [1.82, 2.24) is 15.5 Å². The maximum Gasteiger partial charge on any atom is 0.248 e. The molecule has 4 heteroatoms. The topological polar surface area (TPSA) is 44.4 Å². The highest BCUT2D eigenvalue weighted by Gasteiger charge is 2.07. The van der Waals surface area contributed by atoms with Gasteiger partial charge in [0.1, 0.15) is 0 Å². The first-order valence-corrected chi connectivity index (χ1v) is 4.80. The van der Waals surface area contributed by atoms with E-state index in [1.807, 2.05) is 0 Å². The SMILES string of the molecule is C=CCNCN(CNCC=C)C(=O)C=C. The van der Waals surface area contributed by atoms with E-state index in [0.717, 1.165) is 0 Å². The second kappa shape index (κ2) is 9.18. The van der Waals surface area contributed by atoms with Crippen molar-refractivity contribution in [2.24, 2.45) is 0 Å². The molecule has 0 rings (SSSR count). The average molecular weight is 209 g/mol. The Bertz CT molecular complexity index is 212. The lowest BCUT2D eigenvalue weighted by molar-refractivity contribution is -0.126. The predicted molar refractivity (Wildman–Crippen MR) is 63.2 cm³/mol. The molecule has 0 saturated heterocycles. The number of nitrogens with zero attached hydrogens (tertiary/aromatic N) is 1. The van der Waals surface area contributed by atoms with Gasteiger partial charge in [0.2, 0.25) is 5.91 Å². The quantitative estimate of drug-likeness (QED) is 0.251. The van der Waals surface area contributed by atoms with Gasteiger partial charge in [-0.2, -0.15) is 0 Å². The molecule has 0 aliphatic carbocycles. The molecule has 1 amide bonds. The Morgan fingerprint density at radius 2 is 1.53 bits per heavy atom. The standard InChI is InChI=1S/C11H19N3O/c1-4-7-12-9-14(11(15)6-3)10-13-8-5-2/h4-6,12-13H,1-3,7-10H2. The lowest BCUT2D eigenvalue weighted by atomic mass is 10.5. The summed E-state index contributed by atoms with van der Waals surface area (Å²) < 4.78 is 0. The van der Waals surface area contributed by atoms with Gasteiger partial charge in [0.25, 0.3) is 0 Å².